The molecule has 0 saturated carbocycles. The molecule has 0 aliphatic carbocycles. The maximum atomic E-state index is 8.56. The van der Waals surface area contributed by atoms with Gasteiger partial charge < -0.3 is 9.94 Å². The monoisotopic (exact) mass is 211 g/mol. The van der Waals surface area contributed by atoms with Crippen molar-refractivity contribution >= 4 is 0 Å². The predicted molar refractivity (Wildman–Crippen MR) is 62.4 cm³/mol. The predicted octanol–water partition coefficient (Wildman–Crippen LogP) is 2.49. The van der Waals surface area contributed by atoms with E-state index in [0.29, 0.717) is 19.1 Å². The van der Waals surface area contributed by atoms with E-state index in [-0.39, 0.29) is 1.43 Å². The van der Waals surface area contributed by atoms with Crippen LogP contribution in [0.3, 0.4) is 0 Å². The lowest BCUT2D eigenvalue weighted by atomic mass is 9.97. The summed E-state index contributed by atoms with van der Waals surface area (Å²) in [7, 11) is 0. The zero-order valence-electron chi connectivity index (χ0n) is 9.36. The molecule has 3 heteroatoms. The normalized spacial score (nSPS) is 18.2. The third-order valence-corrected chi connectivity index (χ3v) is 2.34. The maximum absolute atomic E-state index is 8.56. The summed E-state index contributed by atoms with van der Waals surface area (Å²) in [5, 5.41) is 8.56. The number of rotatable bonds is 2. The summed E-state index contributed by atoms with van der Waals surface area (Å²) >= 11 is 0. The highest BCUT2D eigenvalue weighted by Crippen LogP contribution is 2.26. The SMILES string of the molecule is CC.ONCC1COc2ccccc2C1.[HH]. The number of hydrogen-bond acceptors (Lipinski definition) is 3. The van der Waals surface area contributed by atoms with Crippen LogP contribution in [0.4, 0.5) is 0 Å². The Morgan fingerprint density at radius 3 is 2.93 bits per heavy atom. The summed E-state index contributed by atoms with van der Waals surface area (Å²) in [6.07, 6.45) is 0.976. The van der Waals surface area contributed by atoms with Gasteiger partial charge in [-0.3, -0.25) is 0 Å². The van der Waals surface area contributed by atoms with Crippen LogP contribution in [0.5, 0.6) is 5.75 Å². The van der Waals surface area contributed by atoms with Crippen LogP contribution in [0.1, 0.15) is 20.8 Å². The van der Waals surface area contributed by atoms with Crippen molar-refractivity contribution in [2.75, 3.05) is 13.2 Å². The zero-order chi connectivity index (χ0) is 11.1. The molecule has 0 spiro atoms. The molecule has 1 aliphatic heterocycles. The van der Waals surface area contributed by atoms with Crippen molar-refractivity contribution in [3.8, 4) is 5.75 Å². The van der Waals surface area contributed by atoms with Crippen molar-refractivity contribution in [3.63, 3.8) is 0 Å². The van der Waals surface area contributed by atoms with Crippen molar-refractivity contribution in [2.45, 2.75) is 20.3 Å². The van der Waals surface area contributed by atoms with Gasteiger partial charge in [0.05, 0.1) is 6.61 Å². The largest absolute Gasteiger partial charge is 0.493 e. The van der Waals surface area contributed by atoms with Crippen molar-refractivity contribution in [2.24, 2.45) is 5.92 Å². The first kappa shape index (κ1) is 12.0. The molecule has 86 valence electrons. The summed E-state index contributed by atoms with van der Waals surface area (Å²) in [5.74, 6) is 1.36. The Balaban J connectivity index is 0.000000711. The highest BCUT2D eigenvalue weighted by molar-refractivity contribution is 5.35. The third-order valence-electron chi connectivity index (χ3n) is 2.34. The third kappa shape index (κ3) is 3.22. The van der Waals surface area contributed by atoms with E-state index >= 15 is 0 Å². The van der Waals surface area contributed by atoms with Crippen LogP contribution in [-0.4, -0.2) is 18.4 Å². The molecule has 15 heavy (non-hydrogen) atoms. The molecule has 1 unspecified atom stereocenters. The van der Waals surface area contributed by atoms with E-state index in [9.17, 15) is 0 Å². The minimum Gasteiger partial charge on any atom is -0.493 e. The van der Waals surface area contributed by atoms with Crippen LogP contribution in [0.15, 0.2) is 24.3 Å². The first-order chi connectivity index (χ1) is 7.40. The number of hydroxylamine groups is 1. The Bertz CT molecular complexity index is 294. The molecule has 0 amide bonds. The van der Waals surface area contributed by atoms with Crippen molar-refractivity contribution in [3.05, 3.63) is 29.8 Å². The van der Waals surface area contributed by atoms with Crippen LogP contribution in [-0.2, 0) is 6.42 Å². The first-order valence-corrected chi connectivity index (χ1v) is 5.48. The van der Waals surface area contributed by atoms with Crippen molar-refractivity contribution in [1.29, 1.82) is 0 Å². The molecule has 0 aromatic heterocycles. The number of ether oxygens (including phenoxy) is 1. The van der Waals surface area contributed by atoms with Crippen LogP contribution in [0.2, 0.25) is 0 Å². The molecule has 0 saturated heterocycles. The molecule has 2 N–H and O–H groups in total. The number of nitrogens with one attached hydrogen (secondary N) is 1. The molecule has 0 bridgehead atoms. The summed E-state index contributed by atoms with van der Waals surface area (Å²) < 4.78 is 5.54. The van der Waals surface area contributed by atoms with Gasteiger partial charge in [-0.05, 0) is 18.1 Å². The van der Waals surface area contributed by atoms with Gasteiger partial charge in [0.2, 0.25) is 0 Å². The summed E-state index contributed by atoms with van der Waals surface area (Å²) in [6, 6.07) is 8.04. The van der Waals surface area contributed by atoms with Gasteiger partial charge in [0.1, 0.15) is 5.75 Å². The second-order valence-corrected chi connectivity index (χ2v) is 3.35. The van der Waals surface area contributed by atoms with E-state index in [4.69, 9.17) is 9.94 Å². The van der Waals surface area contributed by atoms with E-state index < -0.39 is 0 Å². The summed E-state index contributed by atoms with van der Waals surface area (Å²) in [4.78, 5) is 0. The molecular formula is C12H21NO2. The fourth-order valence-electron chi connectivity index (χ4n) is 1.65. The Labute approximate surface area is 92.5 Å². The Morgan fingerprint density at radius 1 is 1.47 bits per heavy atom. The van der Waals surface area contributed by atoms with Crippen LogP contribution < -0.4 is 10.2 Å². The molecule has 0 radical (unpaired) electrons. The topological polar surface area (TPSA) is 41.5 Å². The Morgan fingerprint density at radius 2 is 2.20 bits per heavy atom. The second kappa shape index (κ2) is 6.43. The molecule has 1 atom stereocenters. The van der Waals surface area contributed by atoms with E-state index in [1.807, 2.05) is 32.0 Å². The van der Waals surface area contributed by atoms with E-state index in [1.54, 1.807) is 0 Å². The van der Waals surface area contributed by atoms with Crippen LogP contribution in [0, 0.1) is 5.92 Å². The Hall–Kier alpha value is -1.06. The second-order valence-electron chi connectivity index (χ2n) is 3.35. The molecule has 1 heterocycles. The molecule has 3 nitrogen and oxygen atoms in total. The van der Waals surface area contributed by atoms with Gasteiger partial charge in [0, 0.05) is 13.9 Å². The molecule has 2 rings (SSSR count). The fourth-order valence-corrected chi connectivity index (χ4v) is 1.65. The van der Waals surface area contributed by atoms with Gasteiger partial charge in [-0.1, -0.05) is 32.0 Å². The van der Waals surface area contributed by atoms with Gasteiger partial charge in [-0.25, -0.2) is 5.48 Å². The molecular weight excluding hydrogens is 190 g/mol. The number of para-hydroxylation sites is 1. The van der Waals surface area contributed by atoms with E-state index in [0.717, 1.165) is 12.2 Å². The van der Waals surface area contributed by atoms with Gasteiger partial charge in [0.25, 0.3) is 0 Å². The lowest BCUT2D eigenvalue weighted by molar-refractivity contribution is 0.123. The maximum Gasteiger partial charge on any atom is 0.122 e. The number of hydrogen-bond donors (Lipinski definition) is 2. The smallest absolute Gasteiger partial charge is 0.122 e. The number of benzene rings is 1. The minimum absolute atomic E-state index is 0. The average Bonchev–Trinajstić information content (AvgIpc) is 2.32. The Kier molecular flexibility index (Phi) is 5.15. The average molecular weight is 211 g/mol. The highest BCUT2D eigenvalue weighted by atomic mass is 16.5. The van der Waals surface area contributed by atoms with Crippen molar-refractivity contribution < 1.29 is 11.4 Å². The standard InChI is InChI=1S/C10H13NO2.C2H6.H2/c12-11-6-8-5-9-3-1-2-4-10(9)13-7-8;1-2;/h1-4,8,11-12H,5-7H2;1-2H3;1H. The molecule has 1 aliphatic rings. The van der Waals surface area contributed by atoms with Gasteiger partial charge in [-0.2, -0.15) is 0 Å². The van der Waals surface area contributed by atoms with Crippen LogP contribution >= 0.6 is 0 Å². The van der Waals surface area contributed by atoms with Gasteiger partial charge in [-0.15, -0.1) is 0 Å². The molecule has 1 aromatic rings. The van der Waals surface area contributed by atoms with Gasteiger partial charge in [0.15, 0.2) is 0 Å². The quantitative estimate of drug-likeness (QED) is 0.738. The zero-order valence-corrected chi connectivity index (χ0v) is 9.36. The van der Waals surface area contributed by atoms with Crippen LogP contribution in [0.25, 0.3) is 0 Å². The lowest BCUT2D eigenvalue weighted by Crippen LogP contribution is -2.29. The van der Waals surface area contributed by atoms with Crippen molar-refractivity contribution in [1.82, 2.24) is 5.48 Å². The molecule has 0 fully saturated rings. The summed E-state index contributed by atoms with van der Waals surface area (Å²) in [5.41, 5.74) is 3.42. The number of fused-ring (bicyclic) bond motifs is 1. The summed E-state index contributed by atoms with van der Waals surface area (Å²) in [6.45, 7) is 5.28. The lowest BCUT2D eigenvalue weighted by Gasteiger charge is -2.24. The highest BCUT2D eigenvalue weighted by Gasteiger charge is 2.18. The first-order valence-electron chi connectivity index (χ1n) is 5.48. The van der Waals surface area contributed by atoms with E-state index in [2.05, 4.69) is 11.5 Å². The minimum atomic E-state index is 0. The van der Waals surface area contributed by atoms with E-state index in [1.165, 1.54) is 5.56 Å². The molecule has 1 aromatic carbocycles. The van der Waals surface area contributed by atoms with Gasteiger partial charge >= 0.3 is 0 Å². The fraction of sp³-hybridized carbons (Fsp3) is 0.500.